The molecular weight excluding hydrogens is 148 g/mol. The number of aliphatic hydroxyl groups is 2. The number of carbonyl (C=O) groups is 1. The Hall–Kier alpha value is -0.610. The molecule has 0 aromatic heterocycles. The van der Waals surface area contributed by atoms with E-state index in [2.05, 4.69) is 0 Å². The molecule has 0 aromatic rings. The molecule has 0 heterocycles. The summed E-state index contributed by atoms with van der Waals surface area (Å²) in [7, 11) is 0. The largest absolute Gasteiger partial charge is 0.481 e. The monoisotopic (exact) mass is 162 g/mol. The Balaban J connectivity index is 3.82. The smallest absolute Gasteiger partial charge is 0.303 e. The summed E-state index contributed by atoms with van der Waals surface area (Å²) in [6, 6.07) is 0. The lowest BCUT2D eigenvalue weighted by Crippen LogP contribution is -2.30. The Bertz CT molecular complexity index is 132. The summed E-state index contributed by atoms with van der Waals surface area (Å²) in [5, 5.41) is 26.3. The number of hydrogen-bond acceptors (Lipinski definition) is 3. The van der Waals surface area contributed by atoms with E-state index in [0.29, 0.717) is 0 Å². The second kappa shape index (κ2) is 4.31. The van der Waals surface area contributed by atoms with E-state index >= 15 is 0 Å². The Morgan fingerprint density at radius 1 is 1.36 bits per heavy atom. The van der Waals surface area contributed by atoms with E-state index in [1.807, 2.05) is 0 Å². The third kappa shape index (κ3) is 3.95. The molecule has 0 saturated heterocycles. The Labute approximate surface area is 65.5 Å². The summed E-state index contributed by atoms with van der Waals surface area (Å²) in [6.45, 7) is 3.02. The second-order valence-corrected chi connectivity index (χ2v) is 2.81. The van der Waals surface area contributed by atoms with Gasteiger partial charge < -0.3 is 15.3 Å². The van der Waals surface area contributed by atoms with Gasteiger partial charge in [-0.15, -0.1) is 0 Å². The van der Waals surface area contributed by atoms with Gasteiger partial charge in [0, 0.05) is 0 Å². The summed E-state index contributed by atoms with van der Waals surface area (Å²) in [4.78, 5) is 10.1. The van der Waals surface area contributed by atoms with Gasteiger partial charge in [0.25, 0.3) is 0 Å². The first-order chi connectivity index (χ1) is 4.95. The molecule has 0 aliphatic carbocycles. The number of carboxylic acids is 1. The standard InChI is InChI=1S/C7H14O4/c1-4(3-6(9)10)7(11)5(2)8/h4-5,7-8,11H,3H2,1-2H3,(H,9,10). The summed E-state index contributed by atoms with van der Waals surface area (Å²) in [5.41, 5.74) is 0. The van der Waals surface area contributed by atoms with Crippen LogP contribution in [-0.2, 0) is 4.79 Å². The van der Waals surface area contributed by atoms with Crippen molar-refractivity contribution >= 4 is 5.97 Å². The molecular formula is C7H14O4. The second-order valence-electron chi connectivity index (χ2n) is 2.81. The van der Waals surface area contributed by atoms with Crippen molar-refractivity contribution in [3.8, 4) is 0 Å². The molecule has 66 valence electrons. The summed E-state index contributed by atoms with van der Waals surface area (Å²) in [6.07, 6.45) is -1.94. The first-order valence-corrected chi connectivity index (χ1v) is 3.53. The number of aliphatic hydroxyl groups excluding tert-OH is 2. The maximum atomic E-state index is 10.1. The van der Waals surface area contributed by atoms with Gasteiger partial charge in [0.15, 0.2) is 0 Å². The van der Waals surface area contributed by atoms with Crippen LogP contribution in [0.4, 0.5) is 0 Å². The molecule has 3 atom stereocenters. The van der Waals surface area contributed by atoms with E-state index in [-0.39, 0.29) is 6.42 Å². The third-order valence-corrected chi connectivity index (χ3v) is 1.57. The quantitative estimate of drug-likeness (QED) is 0.536. The first-order valence-electron chi connectivity index (χ1n) is 3.53. The van der Waals surface area contributed by atoms with Crippen LogP contribution in [0.15, 0.2) is 0 Å². The molecule has 0 spiro atoms. The van der Waals surface area contributed by atoms with Crippen LogP contribution in [0.3, 0.4) is 0 Å². The molecule has 0 aliphatic rings. The molecule has 0 aliphatic heterocycles. The molecule has 0 radical (unpaired) electrons. The van der Waals surface area contributed by atoms with Crippen molar-refractivity contribution in [2.24, 2.45) is 5.92 Å². The van der Waals surface area contributed by atoms with Crippen LogP contribution in [-0.4, -0.2) is 33.5 Å². The van der Waals surface area contributed by atoms with Crippen molar-refractivity contribution in [2.45, 2.75) is 32.5 Å². The Kier molecular flexibility index (Phi) is 4.07. The van der Waals surface area contributed by atoms with Crippen LogP contribution in [0, 0.1) is 5.92 Å². The zero-order valence-corrected chi connectivity index (χ0v) is 6.69. The molecule has 3 N–H and O–H groups in total. The number of carboxylic acid groups (broad SMARTS) is 1. The fourth-order valence-corrected chi connectivity index (χ4v) is 0.872. The van der Waals surface area contributed by atoms with Gasteiger partial charge in [-0.05, 0) is 12.8 Å². The van der Waals surface area contributed by atoms with Crippen molar-refractivity contribution in [2.75, 3.05) is 0 Å². The summed E-state index contributed by atoms with van der Waals surface area (Å²) < 4.78 is 0. The van der Waals surface area contributed by atoms with Crippen LogP contribution in [0.5, 0.6) is 0 Å². The molecule has 0 rings (SSSR count). The number of aliphatic carboxylic acids is 1. The van der Waals surface area contributed by atoms with Crippen molar-refractivity contribution in [1.82, 2.24) is 0 Å². The maximum Gasteiger partial charge on any atom is 0.303 e. The Morgan fingerprint density at radius 3 is 2.09 bits per heavy atom. The van der Waals surface area contributed by atoms with Crippen LogP contribution < -0.4 is 0 Å². The van der Waals surface area contributed by atoms with Crippen LogP contribution in [0.2, 0.25) is 0 Å². The molecule has 3 unspecified atom stereocenters. The average molecular weight is 162 g/mol. The lowest BCUT2D eigenvalue weighted by Gasteiger charge is -2.19. The SMILES string of the molecule is CC(O)C(O)C(C)CC(=O)O. The van der Waals surface area contributed by atoms with E-state index in [1.165, 1.54) is 6.92 Å². The van der Waals surface area contributed by atoms with Gasteiger partial charge in [0.2, 0.25) is 0 Å². The molecule has 4 nitrogen and oxygen atoms in total. The highest BCUT2D eigenvalue weighted by atomic mass is 16.4. The molecule has 0 amide bonds. The predicted octanol–water partition coefficient (Wildman–Crippen LogP) is -0.161. The summed E-state index contributed by atoms with van der Waals surface area (Å²) in [5.74, 6) is -1.37. The molecule has 0 aromatic carbocycles. The van der Waals surface area contributed by atoms with Gasteiger partial charge in [0.1, 0.15) is 0 Å². The Morgan fingerprint density at radius 2 is 1.82 bits per heavy atom. The van der Waals surface area contributed by atoms with E-state index in [0.717, 1.165) is 0 Å². The zero-order valence-electron chi connectivity index (χ0n) is 6.69. The van der Waals surface area contributed by atoms with E-state index in [1.54, 1.807) is 6.92 Å². The highest BCUT2D eigenvalue weighted by Gasteiger charge is 2.21. The third-order valence-electron chi connectivity index (χ3n) is 1.57. The van der Waals surface area contributed by atoms with Gasteiger partial charge in [-0.2, -0.15) is 0 Å². The van der Waals surface area contributed by atoms with Gasteiger partial charge in [-0.3, -0.25) is 4.79 Å². The number of hydrogen-bond donors (Lipinski definition) is 3. The predicted molar refractivity (Wildman–Crippen MR) is 39.1 cm³/mol. The molecule has 0 saturated carbocycles. The molecule has 11 heavy (non-hydrogen) atoms. The van der Waals surface area contributed by atoms with Crippen LogP contribution in [0.25, 0.3) is 0 Å². The fraction of sp³-hybridized carbons (Fsp3) is 0.857. The average Bonchev–Trinajstić information content (AvgIpc) is 1.84. The van der Waals surface area contributed by atoms with Crippen LogP contribution >= 0.6 is 0 Å². The molecule has 4 heteroatoms. The van der Waals surface area contributed by atoms with Crippen molar-refractivity contribution < 1.29 is 20.1 Å². The minimum atomic E-state index is -0.961. The molecule has 0 bridgehead atoms. The fourth-order valence-electron chi connectivity index (χ4n) is 0.872. The van der Waals surface area contributed by atoms with E-state index in [9.17, 15) is 4.79 Å². The zero-order chi connectivity index (χ0) is 9.02. The van der Waals surface area contributed by atoms with Crippen LogP contribution in [0.1, 0.15) is 20.3 Å². The minimum absolute atomic E-state index is 0.119. The topological polar surface area (TPSA) is 77.8 Å². The lowest BCUT2D eigenvalue weighted by atomic mass is 9.97. The first kappa shape index (κ1) is 10.4. The van der Waals surface area contributed by atoms with Crippen molar-refractivity contribution in [1.29, 1.82) is 0 Å². The van der Waals surface area contributed by atoms with Crippen molar-refractivity contribution in [3.05, 3.63) is 0 Å². The highest BCUT2D eigenvalue weighted by molar-refractivity contribution is 5.67. The normalized spacial score (nSPS) is 18.9. The number of rotatable bonds is 4. The van der Waals surface area contributed by atoms with E-state index < -0.39 is 24.1 Å². The highest BCUT2D eigenvalue weighted by Crippen LogP contribution is 2.10. The lowest BCUT2D eigenvalue weighted by molar-refractivity contribution is -0.139. The van der Waals surface area contributed by atoms with Crippen molar-refractivity contribution in [3.63, 3.8) is 0 Å². The minimum Gasteiger partial charge on any atom is -0.481 e. The van der Waals surface area contributed by atoms with Gasteiger partial charge >= 0.3 is 5.97 Å². The summed E-state index contributed by atoms with van der Waals surface area (Å²) >= 11 is 0. The van der Waals surface area contributed by atoms with E-state index in [4.69, 9.17) is 15.3 Å². The van der Waals surface area contributed by atoms with Gasteiger partial charge in [-0.1, -0.05) is 6.92 Å². The molecule has 0 fully saturated rings. The van der Waals surface area contributed by atoms with Gasteiger partial charge in [0.05, 0.1) is 18.6 Å². The van der Waals surface area contributed by atoms with Gasteiger partial charge in [-0.25, -0.2) is 0 Å². The maximum absolute atomic E-state index is 10.1.